The lowest BCUT2D eigenvalue weighted by Gasteiger charge is -2.06. The highest BCUT2D eigenvalue weighted by atomic mass is 79.9. The van der Waals surface area contributed by atoms with Crippen LogP contribution in [0.25, 0.3) is 0 Å². The zero-order chi connectivity index (χ0) is 12.4. The molecule has 0 unspecified atom stereocenters. The van der Waals surface area contributed by atoms with Gasteiger partial charge in [0, 0.05) is 15.6 Å². The molecule has 1 N–H and O–H groups in total. The smallest absolute Gasteiger partial charge is 0.194 e. The third kappa shape index (κ3) is 2.51. The van der Waals surface area contributed by atoms with Gasteiger partial charge in [-0.05, 0) is 12.1 Å². The van der Waals surface area contributed by atoms with Crippen molar-refractivity contribution in [2.45, 2.75) is 0 Å². The van der Waals surface area contributed by atoms with E-state index < -0.39 is 0 Å². The van der Waals surface area contributed by atoms with Crippen LogP contribution in [-0.2, 0) is 0 Å². The topological polar surface area (TPSA) is 37.3 Å². The fraction of sp³-hybridized carbons (Fsp3) is 0. The van der Waals surface area contributed by atoms with Gasteiger partial charge in [0.15, 0.2) is 5.78 Å². The molecule has 17 heavy (non-hydrogen) atoms. The van der Waals surface area contributed by atoms with Crippen molar-refractivity contribution in [3.63, 3.8) is 0 Å². The number of phenols is 1. The molecule has 86 valence electrons. The molecule has 0 atom stereocenters. The molecule has 0 aliphatic heterocycles. The number of carbonyl (C=O) groups excluding carboxylic acids is 1. The van der Waals surface area contributed by atoms with E-state index in [1.807, 2.05) is 6.07 Å². The molecule has 0 spiro atoms. The van der Waals surface area contributed by atoms with Crippen LogP contribution < -0.4 is 0 Å². The van der Waals surface area contributed by atoms with Crippen LogP contribution in [0.1, 0.15) is 15.9 Å². The lowest BCUT2D eigenvalue weighted by atomic mass is 10.0. The number of benzene rings is 2. The van der Waals surface area contributed by atoms with E-state index in [2.05, 4.69) is 15.9 Å². The zero-order valence-corrected chi connectivity index (χ0v) is 11.0. The lowest BCUT2D eigenvalue weighted by molar-refractivity contribution is 0.103. The Bertz CT molecular complexity index is 567. The minimum Gasteiger partial charge on any atom is -0.506 e. The van der Waals surface area contributed by atoms with E-state index in [-0.39, 0.29) is 22.1 Å². The summed E-state index contributed by atoms with van der Waals surface area (Å²) in [4.78, 5) is 12.2. The van der Waals surface area contributed by atoms with Gasteiger partial charge >= 0.3 is 0 Å². The SMILES string of the molecule is O=C(c1ccccc1)c1cc(Br)cc(O)c1Cl. The highest BCUT2D eigenvalue weighted by molar-refractivity contribution is 9.10. The minimum absolute atomic E-state index is 0.0713. The fourth-order valence-electron chi connectivity index (χ4n) is 1.49. The summed E-state index contributed by atoms with van der Waals surface area (Å²) in [6.07, 6.45) is 0. The van der Waals surface area contributed by atoms with Crippen LogP contribution in [0.5, 0.6) is 5.75 Å². The van der Waals surface area contributed by atoms with Gasteiger partial charge in [0.2, 0.25) is 0 Å². The molecule has 2 rings (SSSR count). The lowest BCUT2D eigenvalue weighted by Crippen LogP contribution is -2.02. The first-order valence-corrected chi connectivity index (χ1v) is 6.04. The van der Waals surface area contributed by atoms with Gasteiger partial charge in [0.05, 0.1) is 5.02 Å². The van der Waals surface area contributed by atoms with Crippen LogP contribution >= 0.6 is 27.5 Å². The van der Waals surface area contributed by atoms with E-state index in [9.17, 15) is 9.90 Å². The average molecular weight is 312 g/mol. The first-order chi connectivity index (χ1) is 8.09. The van der Waals surface area contributed by atoms with E-state index in [1.165, 1.54) is 6.07 Å². The number of halogens is 2. The van der Waals surface area contributed by atoms with Crippen LogP contribution in [0.3, 0.4) is 0 Å². The van der Waals surface area contributed by atoms with Crippen LogP contribution in [0.2, 0.25) is 5.02 Å². The van der Waals surface area contributed by atoms with Gasteiger partial charge in [0.1, 0.15) is 5.75 Å². The zero-order valence-electron chi connectivity index (χ0n) is 8.65. The van der Waals surface area contributed by atoms with Gasteiger partial charge in [0.25, 0.3) is 0 Å². The Labute approximate surface area is 112 Å². The van der Waals surface area contributed by atoms with Gasteiger partial charge in [-0.2, -0.15) is 0 Å². The third-order valence-corrected chi connectivity index (χ3v) is 3.15. The molecule has 0 aliphatic carbocycles. The molecule has 0 saturated carbocycles. The maximum Gasteiger partial charge on any atom is 0.194 e. The summed E-state index contributed by atoms with van der Waals surface area (Å²) < 4.78 is 0.610. The molecular weight excluding hydrogens is 303 g/mol. The summed E-state index contributed by atoms with van der Waals surface area (Å²) in [6, 6.07) is 11.8. The van der Waals surface area contributed by atoms with Crippen molar-refractivity contribution in [1.29, 1.82) is 0 Å². The molecule has 0 aliphatic rings. The van der Waals surface area contributed by atoms with Crippen molar-refractivity contribution in [2.24, 2.45) is 0 Å². The first-order valence-electron chi connectivity index (χ1n) is 4.87. The fourth-order valence-corrected chi connectivity index (χ4v) is 2.13. The van der Waals surface area contributed by atoms with Crippen molar-refractivity contribution in [3.05, 3.63) is 63.1 Å². The maximum atomic E-state index is 12.2. The van der Waals surface area contributed by atoms with Crippen LogP contribution in [-0.4, -0.2) is 10.9 Å². The molecule has 4 heteroatoms. The highest BCUT2D eigenvalue weighted by Crippen LogP contribution is 2.32. The number of hydrogen-bond donors (Lipinski definition) is 1. The molecule has 0 heterocycles. The van der Waals surface area contributed by atoms with Gasteiger partial charge in [-0.1, -0.05) is 57.9 Å². The van der Waals surface area contributed by atoms with Crippen molar-refractivity contribution >= 4 is 33.3 Å². The molecule has 0 radical (unpaired) electrons. The van der Waals surface area contributed by atoms with Crippen LogP contribution in [0, 0.1) is 0 Å². The van der Waals surface area contributed by atoms with Gasteiger partial charge < -0.3 is 5.11 Å². The number of ketones is 1. The molecule has 2 aromatic carbocycles. The summed E-state index contributed by atoms with van der Waals surface area (Å²) in [5, 5.41) is 9.63. The van der Waals surface area contributed by atoms with E-state index in [0.29, 0.717) is 10.0 Å². The van der Waals surface area contributed by atoms with Crippen LogP contribution in [0.15, 0.2) is 46.9 Å². The van der Waals surface area contributed by atoms with E-state index in [0.717, 1.165) is 0 Å². The molecule has 0 fully saturated rings. The Balaban J connectivity index is 2.52. The summed E-state index contributed by atoms with van der Waals surface area (Å²) in [7, 11) is 0. The first kappa shape index (κ1) is 12.1. The standard InChI is InChI=1S/C13H8BrClO2/c14-9-6-10(12(15)11(16)7-9)13(17)8-4-2-1-3-5-8/h1-7,16H. The average Bonchev–Trinajstić information content (AvgIpc) is 2.34. The Morgan fingerprint density at radius 2 is 1.82 bits per heavy atom. The summed E-state index contributed by atoms with van der Waals surface area (Å²) in [5.41, 5.74) is 0.816. The molecule has 0 saturated heterocycles. The maximum absolute atomic E-state index is 12.2. The Morgan fingerprint density at radius 3 is 2.47 bits per heavy atom. The second-order valence-corrected chi connectivity index (χ2v) is 4.78. The normalized spacial score (nSPS) is 10.2. The van der Waals surface area contributed by atoms with Gasteiger partial charge in [-0.25, -0.2) is 0 Å². The summed E-state index contributed by atoms with van der Waals surface area (Å²) >= 11 is 9.14. The predicted molar refractivity (Wildman–Crippen MR) is 70.7 cm³/mol. The van der Waals surface area contributed by atoms with E-state index in [4.69, 9.17) is 11.6 Å². The molecule has 0 amide bonds. The van der Waals surface area contributed by atoms with Crippen molar-refractivity contribution in [3.8, 4) is 5.75 Å². The van der Waals surface area contributed by atoms with Gasteiger partial charge in [-0.3, -0.25) is 4.79 Å². The van der Waals surface area contributed by atoms with Gasteiger partial charge in [-0.15, -0.1) is 0 Å². The number of rotatable bonds is 2. The van der Waals surface area contributed by atoms with Crippen molar-refractivity contribution in [1.82, 2.24) is 0 Å². The summed E-state index contributed by atoms with van der Waals surface area (Å²) in [5.74, 6) is -0.326. The molecular formula is C13H8BrClO2. The molecule has 2 nitrogen and oxygen atoms in total. The largest absolute Gasteiger partial charge is 0.506 e. The van der Waals surface area contributed by atoms with Crippen LogP contribution in [0.4, 0.5) is 0 Å². The monoisotopic (exact) mass is 310 g/mol. The number of hydrogen-bond acceptors (Lipinski definition) is 2. The molecule has 0 aromatic heterocycles. The van der Waals surface area contributed by atoms with E-state index >= 15 is 0 Å². The summed E-state index contributed by atoms with van der Waals surface area (Å²) in [6.45, 7) is 0. The second-order valence-electron chi connectivity index (χ2n) is 3.48. The minimum atomic E-state index is -0.216. The molecule has 0 bridgehead atoms. The van der Waals surface area contributed by atoms with Crippen molar-refractivity contribution < 1.29 is 9.90 Å². The van der Waals surface area contributed by atoms with E-state index in [1.54, 1.807) is 30.3 Å². The second kappa shape index (κ2) is 4.90. The number of phenolic OH excluding ortho intramolecular Hbond substituents is 1. The van der Waals surface area contributed by atoms with Crippen molar-refractivity contribution in [2.75, 3.05) is 0 Å². The quantitative estimate of drug-likeness (QED) is 0.850. The highest BCUT2D eigenvalue weighted by Gasteiger charge is 2.16. The number of carbonyl (C=O) groups is 1. The Hall–Kier alpha value is -1.32. The Kier molecular flexibility index (Phi) is 3.50. The molecule has 2 aromatic rings. The Morgan fingerprint density at radius 1 is 1.18 bits per heavy atom. The predicted octanol–water partition coefficient (Wildman–Crippen LogP) is 4.04. The number of aromatic hydroxyl groups is 1. The third-order valence-electron chi connectivity index (χ3n) is 2.30.